The van der Waals surface area contributed by atoms with E-state index < -0.39 is 0 Å². The fraction of sp³-hybridized carbons (Fsp3) is 0.132. The van der Waals surface area contributed by atoms with Gasteiger partial charge in [0, 0.05) is 32.8 Å². The Balaban J connectivity index is 0.000000138. The fourth-order valence-electron chi connectivity index (χ4n) is 9.88. The van der Waals surface area contributed by atoms with E-state index >= 15 is 0 Å². The predicted molar refractivity (Wildman–Crippen MR) is 340 cm³/mol. The van der Waals surface area contributed by atoms with Crippen LogP contribution in [0.4, 0.5) is 0 Å². The van der Waals surface area contributed by atoms with E-state index in [9.17, 15) is 5.11 Å². The van der Waals surface area contributed by atoms with Crippen molar-refractivity contribution in [3.05, 3.63) is 270 Å². The Hall–Kier alpha value is -9.78. The van der Waals surface area contributed by atoms with Crippen LogP contribution >= 0.6 is 0 Å². The van der Waals surface area contributed by atoms with E-state index in [0.29, 0.717) is 19.0 Å². The molecule has 0 aliphatic carbocycles. The van der Waals surface area contributed by atoms with Crippen molar-refractivity contribution in [1.82, 2.24) is 0 Å². The minimum atomic E-state index is 0.227. The topological polar surface area (TPSA) is 66.4 Å². The number of hydrogen-bond donors (Lipinski definition) is 1. The van der Waals surface area contributed by atoms with Gasteiger partial charge < -0.3 is 28.8 Å². The first-order valence-electron chi connectivity index (χ1n) is 28.0. The van der Waals surface area contributed by atoms with Gasteiger partial charge in [-0.15, -0.1) is 0 Å². The van der Waals surface area contributed by atoms with E-state index in [1.165, 1.54) is 44.2 Å². The quantitative estimate of drug-likeness (QED) is 0.124. The molecular formula is C76H68O6. The van der Waals surface area contributed by atoms with Crippen molar-refractivity contribution >= 4 is 32.3 Å². The van der Waals surface area contributed by atoms with Crippen LogP contribution in [0.3, 0.4) is 0 Å². The van der Waals surface area contributed by atoms with Gasteiger partial charge in [0.2, 0.25) is 0 Å². The third-order valence-corrected chi connectivity index (χ3v) is 14.2. The summed E-state index contributed by atoms with van der Waals surface area (Å²) in [4.78, 5) is 0. The maximum atomic E-state index is 9.53. The molecule has 0 saturated carbocycles. The molecule has 12 aromatic rings. The second-order valence-electron chi connectivity index (χ2n) is 20.7. The number of rotatable bonds is 13. The molecule has 12 aromatic carbocycles. The number of benzene rings is 12. The van der Waals surface area contributed by atoms with Gasteiger partial charge in [0.15, 0.2) is 0 Å². The summed E-state index contributed by atoms with van der Waals surface area (Å²) >= 11 is 0. The second kappa shape index (κ2) is 25.6. The standard InChI is InChI=1S/2C26H24O2.C24H20O2/c2*1-4-27-22-11-13-23(14-12-22)28-26-24(20-8-5-18(2)6-9-20)16-10-21-17-19(3)7-15-25(21)26;1-16-3-6-18(7-4-16)22-14-8-19-15-17(2)5-13-23(19)24(22)26-21-11-9-20(25)10-12-21/h2*5-17H,4H2,1-3H3;3-15,25H,1-2H3. The lowest BCUT2D eigenvalue weighted by molar-refractivity contribution is 0.339. The molecule has 82 heavy (non-hydrogen) atoms. The first kappa shape index (κ1) is 55.5. The molecule has 408 valence electrons. The van der Waals surface area contributed by atoms with Crippen LogP contribution in [0.1, 0.15) is 47.2 Å². The summed E-state index contributed by atoms with van der Waals surface area (Å²) in [5.74, 6) is 6.81. The maximum absolute atomic E-state index is 9.53. The lowest BCUT2D eigenvalue weighted by Gasteiger charge is -2.15. The van der Waals surface area contributed by atoms with Crippen molar-refractivity contribution in [3.8, 4) is 85.1 Å². The molecular weight excluding hydrogens is 1010 g/mol. The van der Waals surface area contributed by atoms with Crippen molar-refractivity contribution in [1.29, 1.82) is 0 Å². The van der Waals surface area contributed by atoms with Gasteiger partial charge in [-0.2, -0.15) is 0 Å². The average molecular weight is 1080 g/mol. The zero-order valence-corrected chi connectivity index (χ0v) is 47.9. The normalized spacial score (nSPS) is 10.8. The van der Waals surface area contributed by atoms with Gasteiger partial charge in [0.05, 0.1) is 13.2 Å². The Bertz CT molecular complexity index is 3930. The Morgan fingerprint density at radius 2 is 0.524 bits per heavy atom. The van der Waals surface area contributed by atoms with Crippen LogP contribution in [-0.4, -0.2) is 18.3 Å². The van der Waals surface area contributed by atoms with E-state index in [2.05, 4.69) is 205 Å². The van der Waals surface area contributed by atoms with Gasteiger partial charge in [-0.1, -0.05) is 179 Å². The molecule has 0 aliphatic rings. The van der Waals surface area contributed by atoms with E-state index in [4.69, 9.17) is 23.7 Å². The summed E-state index contributed by atoms with van der Waals surface area (Å²) in [6.07, 6.45) is 0. The minimum absolute atomic E-state index is 0.227. The smallest absolute Gasteiger partial charge is 0.143 e. The summed E-state index contributed by atoms with van der Waals surface area (Å²) in [6, 6.07) is 80.2. The maximum Gasteiger partial charge on any atom is 0.143 e. The zero-order valence-electron chi connectivity index (χ0n) is 47.9. The number of ether oxygens (including phenoxy) is 5. The zero-order chi connectivity index (χ0) is 57.1. The number of aromatic hydroxyl groups is 1. The highest BCUT2D eigenvalue weighted by Gasteiger charge is 2.16. The summed E-state index contributed by atoms with van der Waals surface area (Å²) in [7, 11) is 0. The van der Waals surface area contributed by atoms with Crippen molar-refractivity contribution < 1.29 is 28.8 Å². The van der Waals surface area contributed by atoms with Crippen LogP contribution in [-0.2, 0) is 0 Å². The van der Waals surface area contributed by atoms with Gasteiger partial charge >= 0.3 is 0 Å². The highest BCUT2D eigenvalue weighted by molar-refractivity contribution is 5.98. The largest absolute Gasteiger partial charge is 0.508 e. The highest BCUT2D eigenvalue weighted by atomic mass is 16.5. The summed E-state index contributed by atoms with van der Waals surface area (Å²) < 4.78 is 30.2. The fourth-order valence-corrected chi connectivity index (χ4v) is 9.88. The Kier molecular flexibility index (Phi) is 17.3. The van der Waals surface area contributed by atoms with E-state index in [-0.39, 0.29) is 5.75 Å². The van der Waals surface area contributed by atoms with Crippen LogP contribution in [0.5, 0.6) is 51.7 Å². The lowest BCUT2D eigenvalue weighted by Crippen LogP contribution is -1.93. The molecule has 0 atom stereocenters. The number of aryl methyl sites for hydroxylation is 6. The Morgan fingerprint density at radius 3 is 0.805 bits per heavy atom. The van der Waals surface area contributed by atoms with Gasteiger partial charge in [0.25, 0.3) is 0 Å². The van der Waals surface area contributed by atoms with Crippen LogP contribution < -0.4 is 23.7 Å². The molecule has 0 aromatic heterocycles. The minimum Gasteiger partial charge on any atom is -0.508 e. The molecule has 0 fully saturated rings. The predicted octanol–water partition coefficient (Wildman–Crippen LogP) is 21.3. The SMILES string of the molecule is CCOc1ccc(Oc2c(-c3ccc(C)cc3)ccc3cc(C)ccc23)cc1.CCOc1ccc(Oc2c(-c3ccc(C)cc3)ccc3cc(C)ccc23)cc1.Cc1ccc(-c2ccc3cc(C)ccc3c2Oc2ccc(O)cc2)cc1. The molecule has 6 heteroatoms. The number of hydrogen-bond acceptors (Lipinski definition) is 6. The third kappa shape index (κ3) is 13.4. The monoisotopic (exact) mass is 1080 g/mol. The molecule has 0 aliphatic heterocycles. The molecule has 0 amide bonds. The van der Waals surface area contributed by atoms with E-state index in [1.54, 1.807) is 24.3 Å². The Labute approximate surface area is 482 Å². The Morgan fingerprint density at radius 1 is 0.268 bits per heavy atom. The van der Waals surface area contributed by atoms with Crippen LogP contribution in [0.2, 0.25) is 0 Å². The van der Waals surface area contributed by atoms with Crippen molar-refractivity contribution in [2.45, 2.75) is 55.4 Å². The van der Waals surface area contributed by atoms with E-state index in [1.807, 2.05) is 62.4 Å². The van der Waals surface area contributed by atoms with Gasteiger partial charge in [-0.3, -0.25) is 0 Å². The molecule has 12 rings (SSSR count). The summed E-state index contributed by atoms with van der Waals surface area (Å²) in [5.41, 5.74) is 14.1. The number of phenolic OH excluding ortho intramolecular Hbond substituents is 1. The van der Waals surface area contributed by atoms with Crippen LogP contribution in [0, 0.1) is 41.5 Å². The van der Waals surface area contributed by atoms with Gasteiger partial charge in [-0.25, -0.2) is 0 Å². The third-order valence-electron chi connectivity index (χ3n) is 14.2. The first-order chi connectivity index (χ1) is 39.9. The molecule has 0 spiro atoms. The highest BCUT2D eigenvalue weighted by Crippen LogP contribution is 2.43. The average Bonchev–Trinajstić information content (AvgIpc) is 3.57. The van der Waals surface area contributed by atoms with Crippen molar-refractivity contribution in [2.75, 3.05) is 13.2 Å². The lowest BCUT2D eigenvalue weighted by atomic mass is 9.98. The molecule has 0 saturated heterocycles. The number of fused-ring (bicyclic) bond motifs is 3. The summed E-state index contributed by atoms with van der Waals surface area (Å²) in [5, 5.41) is 16.3. The van der Waals surface area contributed by atoms with Crippen LogP contribution in [0.25, 0.3) is 65.7 Å². The van der Waals surface area contributed by atoms with Crippen LogP contribution in [0.15, 0.2) is 237 Å². The first-order valence-corrected chi connectivity index (χ1v) is 28.0. The second-order valence-corrected chi connectivity index (χ2v) is 20.7. The molecule has 0 heterocycles. The van der Waals surface area contributed by atoms with Crippen molar-refractivity contribution in [2.24, 2.45) is 0 Å². The molecule has 0 unspecified atom stereocenters. The molecule has 0 radical (unpaired) electrons. The molecule has 1 N–H and O–H groups in total. The number of phenols is 1. The van der Waals surface area contributed by atoms with E-state index in [0.717, 1.165) is 95.2 Å². The summed E-state index contributed by atoms with van der Waals surface area (Å²) in [6.45, 7) is 17.9. The molecule has 6 nitrogen and oxygen atoms in total. The van der Waals surface area contributed by atoms with Gasteiger partial charge in [-0.05, 0) is 179 Å². The van der Waals surface area contributed by atoms with Crippen molar-refractivity contribution in [3.63, 3.8) is 0 Å². The van der Waals surface area contributed by atoms with Gasteiger partial charge in [0.1, 0.15) is 51.7 Å². The molecule has 0 bridgehead atoms.